The molecule has 9 heteroatoms. The lowest BCUT2D eigenvalue weighted by Crippen LogP contribution is -2.38. The van der Waals surface area contributed by atoms with Crippen molar-refractivity contribution in [3.8, 4) is 11.5 Å². The molecule has 3 aromatic heterocycles. The quantitative estimate of drug-likeness (QED) is 0.490. The van der Waals surface area contributed by atoms with Gasteiger partial charge in [0, 0.05) is 54.5 Å². The summed E-state index contributed by atoms with van der Waals surface area (Å²) in [7, 11) is 3.18. The molecule has 4 aromatic rings. The molecule has 1 saturated heterocycles. The van der Waals surface area contributed by atoms with E-state index < -0.39 is 0 Å². The number of anilines is 2. The Labute approximate surface area is 189 Å². The first-order valence-electron chi connectivity index (χ1n) is 10.4. The van der Waals surface area contributed by atoms with Crippen LogP contribution in [0.25, 0.3) is 20.4 Å². The van der Waals surface area contributed by atoms with Gasteiger partial charge in [-0.05, 0) is 25.0 Å². The second-order valence-electron chi connectivity index (χ2n) is 7.69. The minimum absolute atomic E-state index is 0.0128. The van der Waals surface area contributed by atoms with Gasteiger partial charge in [-0.15, -0.1) is 11.3 Å². The van der Waals surface area contributed by atoms with Gasteiger partial charge in [-0.1, -0.05) is 0 Å². The van der Waals surface area contributed by atoms with Crippen LogP contribution >= 0.6 is 11.3 Å². The molecular formula is C23H23N5O3S. The first-order chi connectivity index (χ1) is 15.7. The van der Waals surface area contributed by atoms with E-state index in [4.69, 9.17) is 9.47 Å². The van der Waals surface area contributed by atoms with Crippen LogP contribution in [0.15, 0.2) is 42.9 Å². The summed E-state index contributed by atoms with van der Waals surface area (Å²) in [5.41, 5.74) is 1.61. The average Bonchev–Trinajstić information content (AvgIpc) is 3.22. The fraction of sp³-hybridized carbons (Fsp3) is 0.304. The summed E-state index contributed by atoms with van der Waals surface area (Å²) < 4.78 is 11.6. The third-order valence-corrected chi connectivity index (χ3v) is 6.89. The van der Waals surface area contributed by atoms with Crippen molar-refractivity contribution in [2.75, 3.05) is 37.5 Å². The molecule has 5 rings (SSSR count). The smallest absolute Gasteiger partial charge is 0.227 e. The van der Waals surface area contributed by atoms with Crippen molar-refractivity contribution in [1.82, 2.24) is 15.0 Å². The SMILES string of the molecule is COc1cc(NC(=O)C2CCN(c3ncnc4c3sc3ncccc34)CC2)cc(OC)c1. The number of carbonyl (C=O) groups excluding carboxylic acids is 1. The predicted octanol–water partition coefficient (Wildman–Crippen LogP) is 4.11. The van der Waals surface area contributed by atoms with Crippen LogP contribution in [0.4, 0.5) is 11.5 Å². The van der Waals surface area contributed by atoms with Crippen LogP contribution < -0.4 is 19.7 Å². The van der Waals surface area contributed by atoms with Gasteiger partial charge in [0.25, 0.3) is 0 Å². The fourth-order valence-electron chi connectivity index (χ4n) is 4.10. The average molecular weight is 450 g/mol. The molecule has 1 N–H and O–H groups in total. The Hall–Kier alpha value is -3.46. The molecule has 0 bridgehead atoms. The lowest BCUT2D eigenvalue weighted by atomic mass is 9.95. The summed E-state index contributed by atoms with van der Waals surface area (Å²) in [5, 5.41) is 4.07. The normalized spacial score (nSPS) is 14.6. The third-order valence-electron chi connectivity index (χ3n) is 5.79. The molecule has 0 atom stereocenters. The van der Waals surface area contributed by atoms with Gasteiger partial charge >= 0.3 is 0 Å². The van der Waals surface area contributed by atoms with Gasteiger partial charge < -0.3 is 19.7 Å². The number of amides is 1. The fourth-order valence-corrected chi connectivity index (χ4v) is 5.22. The molecule has 32 heavy (non-hydrogen) atoms. The van der Waals surface area contributed by atoms with Crippen LogP contribution in [-0.2, 0) is 4.79 Å². The van der Waals surface area contributed by atoms with E-state index >= 15 is 0 Å². The second-order valence-corrected chi connectivity index (χ2v) is 8.68. The summed E-state index contributed by atoms with van der Waals surface area (Å²) in [6.07, 6.45) is 4.92. The van der Waals surface area contributed by atoms with Crippen LogP contribution in [0.3, 0.4) is 0 Å². The zero-order chi connectivity index (χ0) is 22.1. The maximum absolute atomic E-state index is 12.9. The zero-order valence-electron chi connectivity index (χ0n) is 17.9. The van der Waals surface area contributed by atoms with E-state index in [1.165, 1.54) is 0 Å². The number of pyridine rings is 1. The van der Waals surface area contributed by atoms with Crippen molar-refractivity contribution < 1.29 is 14.3 Å². The molecule has 1 fully saturated rings. The molecule has 1 aromatic carbocycles. The number of hydrogen-bond donors (Lipinski definition) is 1. The molecule has 1 aliphatic heterocycles. The molecule has 164 valence electrons. The lowest BCUT2D eigenvalue weighted by Gasteiger charge is -2.32. The monoisotopic (exact) mass is 449 g/mol. The van der Waals surface area contributed by atoms with Crippen LogP contribution in [0.5, 0.6) is 11.5 Å². The second kappa shape index (κ2) is 8.58. The number of fused-ring (bicyclic) bond motifs is 3. The lowest BCUT2D eigenvalue weighted by molar-refractivity contribution is -0.120. The number of hydrogen-bond acceptors (Lipinski definition) is 8. The van der Waals surface area contributed by atoms with Gasteiger partial charge in [0.05, 0.1) is 24.4 Å². The molecule has 1 aliphatic rings. The summed E-state index contributed by atoms with van der Waals surface area (Å²) >= 11 is 1.62. The number of thiophene rings is 1. The number of piperidine rings is 1. The molecule has 1 amide bonds. The minimum atomic E-state index is -0.0650. The van der Waals surface area contributed by atoms with Crippen molar-refractivity contribution in [2.24, 2.45) is 5.92 Å². The Balaban J connectivity index is 1.30. The number of aromatic nitrogens is 3. The Morgan fingerprint density at radius 2 is 1.84 bits per heavy atom. The highest BCUT2D eigenvalue weighted by Gasteiger charge is 2.27. The number of benzene rings is 1. The summed E-state index contributed by atoms with van der Waals surface area (Å²) in [6, 6.07) is 9.34. The highest BCUT2D eigenvalue weighted by Crippen LogP contribution is 2.37. The number of ether oxygens (including phenoxy) is 2. The highest BCUT2D eigenvalue weighted by molar-refractivity contribution is 7.25. The van der Waals surface area contributed by atoms with Gasteiger partial charge in [0.15, 0.2) is 0 Å². The molecule has 0 spiro atoms. The standard InChI is InChI=1S/C23H23N5O3S/c1-30-16-10-15(11-17(12-16)31-2)27-22(29)14-5-8-28(9-6-14)21-20-19(25-13-26-21)18-4-3-7-24-23(18)32-20/h3-4,7,10-14H,5-6,8-9H2,1-2H3,(H,27,29). The molecule has 0 radical (unpaired) electrons. The van der Waals surface area contributed by atoms with Crippen LogP contribution in [0.1, 0.15) is 12.8 Å². The number of carbonyl (C=O) groups is 1. The third kappa shape index (κ3) is 3.80. The molecule has 0 unspecified atom stereocenters. The number of rotatable bonds is 5. The first-order valence-corrected chi connectivity index (χ1v) is 11.2. The van der Waals surface area contributed by atoms with Gasteiger partial charge in [-0.3, -0.25) is 4.79 Å². The van der Waals surface area contributed by atoms with E-state index in [1.54, 1.807) is 56.3 Å². The van der Waals surface area contributed by atoms with Gasteiger partial charge in [-0.2, -0.15) is 0 Å². The van der Waals surface area contributed by atoms with Gasteiger partial charge in [-0.25, -0.2) is 15.0 Å². The van der Waals surface area contributed by atoms with Crippen LogP contribution in [0.2, 0.25) is 0 Å². The molecule has 0 saturated carbocycles. The summed E-state index contributed by atoms with van der Waals surface area (Å²) in [5.74, 6) is 2.15. The summed E-state index contributed by atoms with van der Waals surface area (Å²) in [6.45, 7) is 1.51. The highest BCUT2D eigenvalue weighted by atomic mass is 32.1. The maximum atomic E-state index is 12.9. The van der Waals surface area contributed by atoms with E-state index in [0.717, 1.165) is 52.2 Å². The van der Waals surface area contributed by atoms with E-state index in [0.29, 0.717) is 17.2 Å². The Morgan fingerprint density at radius 3 is 2.56 bits per heavy atom. The molecule has 4 heterocycles. The number of nitrogens with one attached hydrogen (secondary N) is 1. The van der Waals surface area contributed by atoms with Crippen molar-refractivity contribution in [3.63, 3.8) is 0 Å². The van der Waals surface area contributed by atoms with Crippen LogP contribution in [-0.4, -0.2) is 48.2 Å². The van der Waals surface area contributed by atoms with Crippen molar-refractivity contribution >= 4 is 49.2 Å². The Morgan fingerprint density at radius 1 is 1.09 bits per heavy atom. The van der Waals surface area contributed by atoms with Crippen molar-refractivity contribution in [1.29, 1.82) is 0 Å². The molecule has 8 nitrogen and oxygen atoms in total. The number of nitrogens with zero attached hydrogens (tertiary/aromatic N) is 4. The largest absolute Gasteiger partial charge is 0.497 e. The van der Waals surface area contributed by atoms with Gasteiger partial charge in [0.2, 0.25) is 5.91 Å². The minimum Gasteiger partial charge on any atom is -0.497 e. The van der Waals surface area contributed by atoms with Crippen LogP contribution in [0, 0.1) is 5.92 Å². The predicted molar refractivity (Wildman–Crippen MR) is 126 cm³/mol. The van der Waals surface area contributed by atoms with E-state index in [9.17, 15) is 4.79 Å². The van der Waals surface area contributed by atoms with E-state index in [-0.39, 0.29) is 11.8 Å². The first kappa shape index (κ1) is 20.4. The van der Waals surface area contributed by atoms with E-state index in [2.05, 4.69) is 25.2 Å². The molecule has 0 aliphatic carbocycles. The maximum Gasteiger partial charge on any atom is 0.227 e. The number of methoxy groups -OCH3 is 2. The van der Waals surface area contributed by atoms with Crippen molar-refractivity contribution in [3.05, 3.63) is 42.9 Å². The zero-order valence-corrected chi connectivity index (χ0v) is 18.7. The Bertz CT molecular complexity index is 1260. The van der Waals surface area contributed by atoms with Crippen molar-refractivity contribution in [2.45, 2.75) is 12.8 Å². The van der Waals surface area contributed by atoms with E-state index in [1.807, 2.05) is 12.1 Å². The Kier molecular flexibility index (Phi) is 5.48. The molecular weight excluding hydrogens is 426 g/mol. The van der Waals surface area contributed by atoms with Gasteiger partial charge in [0.1, 0.15) is 28.5 Å². The topological polar surface area (TPSA) is 89.5 Å². The summed E-state index contributed by atoms with van der Waals surface area (Å²) in [4.78, 5) is 29.6.